The largest absolute Gasteiger partial charge is 0.464 e. The van der Waals surface area contributed by atoms with E-state index in [1.807, 2.05) is 0 Å². The van der Waals surface area contributed by atoms with Crippen LogP contribution in [0.4, 0.5) is 5.69 Å². The Hall–Kier alpha value is -2.38. The van der Waals surface area contributed by atoms with Crippen molar-refractivity contribution < 1.29 is 19.2 Å². The molecule has 1 rings (SSSR count). The number of carbonyl (C=O) groups excluding carboxylic acids is 2. The Kier molecular flexibility index (Phi) is 4.41. The van der Waals surface area contributed by atoms with Gasteiger partial charge in [0.05, 0.1) is 17.7 Å². The minimum absolute atomic E-state index is 0.0119. The Morgan fingerprint density at radius 1 is 1.61 bits per heavy atom. The maximum atomic E-state index is 11.6. The monoisotopic (exact) mass is 255 g/mol. The molecule has 1 aromatic heterocycles. The number of nitrogens with one attached hydrogen (secondary N) is 2. The predicted octanol–water partition coefficient (Wildman–Crippen LogP) is 0.604. The lowest BCUT2D eigenvalue weighted by atomic mass is 10.3. The van der Waals surface area contributed by atoms with Gasteiger partial charge in [-0.3, -0.25) is 14.9 Å². The van der Waals surface area contributed by atoms with Crippen LogP contribution in [0, 0.1) is 10.1 Å². The van der Waals surface area contributed by atoms with Crippen molar-refractivity contribution in [1.82, 2.24) is 10.3 Å². The van der Waals surface area contributed by atoms with Gasteiger partial charge in [0, 0.05) is 6.07 Å². The first kappa shape index (κ1) is 13.7. The molecule has 98 valence electrons. The summed E-state index contributed by atoms with van der Waals surface area (Å²) in [5.41, 5.74) is -0.207. The van der Waals surface area contributed by atoms with E-state index in [1.54, 1.807) is 6.92 Å². The molecule has 0 spiro atoms. The quantitative estimate of drug-likeness (QED) is 0.454. The molecule has 1 unspecified atom stereocenters. The number of carbonyl (C=O) groups is 2. The Morgan fingerprint density at radius 2 is 2.28 bits per heavy atom. The summed E-state index contributed by atoms with van der Waals surface area (Å²) in [7, 11) is 0. The fourth-order valence-electron chi connectivity index (χ4n) is 1.22. The van der Waals surface area contributed by atoms with E-state index < -0.39 is 22.8 Å². The molecule has 0 aliphatic heterocycles. The first-order chi connectivity index (χ1) is 8.45. The molecular formula is C10H13N3O5. The molecule has 1 atom stereocenters. The van der Waals surface area contributed by atoms with E-state index >= 15 is 0 Å². The highest BCUT2D eigenvalue weighted by Crippen LogP contribution is 2.11. The predicted molar refractivity (Wildman–Crippen MR) is 61.0 cm³/mol. The van der Waals surface area contributed by atoms with Crippen LogP contribution >= 0.6 is 0 Å². The topological polar surface area (TPSA) is 114 Å². The van der Waals surface area contributed by atoms with Crippen LogP contribution in [0.3, 0.4) is 0 Å². The summed E-state index contributed by atoms with van der Waals surface area (Å²) in [6, 6.07) is 0.271. The molecule has 8 heteroatoms. The van der Waals surface area contributed by atoms with E-state index in [4.69, 9.17) is 4.74 Å². The molecule has 1 amide bonds. The summed E-state index contributed by atoms with van der Waals surface area (Å²) in [4.78, 5) is 35.2. The molecule has 18 heavy (non-hydrogen) atoms. The number of aromatic nitrogens is 1. The van der Waals surface area contributed by atoms with Gasteiger partial charge in [0.2, 0.25) is 0 Å². The van der Waals surface area contributed by atoms with E-state index in [1.165, 1.54) is 6.92 Å². The first-order valence-electron chi connectivity index (χ1n) is 5.26. The lowest BCUT2D eigenvalue weighted by Gasteiger charge is -2.11. The molecule has 1 heterocycles. The molecule has 0 bridgehead atoms. The second-order valence-electron chi connectivity index (χ2n) is 3.48. The molecular weight excluding hydrogens is 242 g/mol. The van der Waals surface area contributed by atoms with Crippen LogP contribution in [0.25, 0.3) is 0 Å². The Bertz CT molecular complexity index is 468. The van der Waals surface area contributed by atoms with E-state index in [-0.39, 0.29) is 18.0 Å². The molecule has 2 N–H and O–H groups in total. The number of amides is 1. The van der Waals surface area contributed by atoms with Crippen molar-refractivity contribution in [1.29, 1.82) is 0 Å². The number of H-pyrrole nitrogens is 1. The highest BCUT2D eigenvalue weighted by atomic mass is 16.6. The lowest BCUT2D eigenvalue weighted by molar-refractivity contribution is -0.384. The van der Waals surface area contributed by atoms with Gasteiger partial charge >= 0.3 is 5.97 Å². The van der Waals surface area contributed by atoms with Gasteiger partial charge in [-0.25, -0.2) is 4.79 Å². The summed E-state index contributed by atoms with van der Waals surface area (Å²) in [5.74, 6) is -1.17. The van der Waals surface area contributed by atoms with Crippen molar-refractivity contribution in [3.05, 3.63) is 28.1 Å². The van der Waals surface area contributed by atoms with Gasteiger partial charge in [-0.15, -0.1) is 0 Å². The number of aromatic amines is 1. The molecule has 0 aromatic carbocycles. The van der Waals surface area contributed by atoms with Gasteiger partial charge in [0.15, 0.2) is 0 Å². The number of hydrogen-bond donors (Lipinski definition) is 2. The zero-order chi connectivity index (χ0) is 13.7. The van der Waals surface area contributed by atoms with Gasteiger partial charge in [-0.1, -0.05) is 0 Å². The average molecular weight is 255 g/mol. The zero-order valence-corrected chi connectivity index (χ0v) is 9.93. The second kappa shape index (κ2) is 5.80. The number of esters is 1. The average Bonchev–Trinajstić information content (AvgIpc) is 2.78. The van der Waals surface area contributed by atoms with Crippen LogP contribution in [0.2, 0.25) is 0 Å². The van der Waals surface area contributed by atoms with Crippen LogP contribution in [0.5, 0.6) is 0 Å². The van der Waals surface area contributed by atoms with Crippen LogP contribution < -0.4 is 5.32 Å². The number of nitro groups is 1. The van der Waals surface area contributed by atoms with E-state index in [2.05, 4.69) is 10.3 Å². The molecule has 0 aliphatic rings. The molecule has 0 aliphatic carbocycles. The van der Waals surface area contributed by atoms with E-state index in [0.717, 1.165) is 12.3 Å². The highest BCUT2D eigenvalue weighted by molar-refractivity contribution is 5.95. The number of hydrogen-bond acceptors (Lipinski definition) is 5. The molecule has 0 saturated heterocycles. The van der Waals surface area contributed by atoms with Crippen LogP contribution in [0.1, 0.15) is 24.3 Å². The highest BCUT2D eigenvalue weighted by Gasteiger charge is 2.20. The van der Waals surface area contributed by atoms with Crippen molar-refractivity contribution in [2.24, 2.45) is 0 Å². The molecule has 1 aromatic rings. The number of rotatable bonds is 5. The van der Waals surface area contributed by atoms with Crippen molar-refractivity contribution in [2.75, 3.05) is 6.61 Å². The third-order valence-corrected chi connectivity index (χ3v) is 2.11. The van der Waals surface area contributed by atoms with E-state index in [0.29, 0.717) is 0 Å². The summed E-state index contributed by atoms with van der Waals surface area (Å²) >= 11 is 0. The van der Waals surface area contributed by atoms with Crippen LogP contribution in [0.15, 0.2) is 12.3 Å². The summed E-state index contributed by atoms with van der Waals surface area (Å²) < 4.78 is 4.71. The lowest BCUT2D eigenvalue weighted by Crippen LogP contribution is -2.39. The molecule has 0 radical (unpaired) electrons. The maximum absolute atomic E-state index is 11.6. The minimum Gasteiger partial charge on any atom is -0.464 e. The van der Waals surface area contributed by atoms with Gasteiger partial charge in [0.25, 0.3) is 11.6 Å². The summed E-state index contributed by atoms with van der Waals surface area (Å²) in [6.45, 7) is 3.33. The van der Waals surface area contributed by atoms with Crippen LogP contribution in [-0.4, -0.2) is 34.4 Å². The third kappa shape index (κ3) is 3.30. The molecule has 0 saturated carbocycles. The Balaban J connectivity index is 2.64. The van der Waals surface area contributed by atoms with Crippen molar-refractivity contribution >= 4 is 17.6 Å². The maximum Gasteiger partial charge on any atom is 0.328 e. The third-order valence-electron chi connectivity index (χ3n) is 2.11. The number of ether oxygens (including phenoxy) is 1. The van der Waals surface area contributed by atoms with Gasteiger partial charge < -0.3 is 15.0 Å². The standard InChI is InChI=1S/C10H13N3O5/c1-3-18-10(15)6(2)12-9(14)8-4-7(5-11-8)13(16)17/h4-6,11H,3H2,1-2H3,(H,12,14). The SMILES string of the molecule is CCOC(=O)C(C)NC(=O)c1cc([N+](=O)[O-])c[nH]1. The first-order valence-corrected chi connectivity index (χ1v) is 5.26. The smallest absolute Gasteiger partial charge is 0.328 e. The normalized spacial score (nSPS) is 11.7. The zero-order valence-electron chi connectivity index (χ0n) is 9.93. The summed E-state index contributed by atoms with van der Waals surface area (Å²) in [6.07, 6.45) is 1.10. The van der Waals surface area contributed by atoms with Gasteiger partial charge in [-0.2, -0.15) is 0 Å². The van der Waals surface area contributed by atoms with Crippen molar-refractivity contribution in [2.45, 2.75) is 19.9 Å². The van der Waals surface area contributed by atoms with Crippen LogP contribution in [-0.2, 0) is 9.53 Å². The second-order valence-corrected chi connectivity index (χ2v) is 3.48. The fourth-order valence-corrected chi connectivity index (χ4v) is 1.22. The minimum atomic E-state index is -0.820. The number of nitrogens with zero attached hydrogens (tertiary/aromatic N) is 1. The van der Waals surface area contributed by atoms with Crippen molar-refractivity contribution in [3.63, 3.8) is 0 Å². The Morgan fingerprint density at radius 3 is 2.78 bits per heavy atom. The Labute approximate surface area is 102 Å². The van der Waals surface area contributed by atoms with Gasteiger partial charge in [-0.05, 0) is 13.8 Å². The van der Waals surface area contributed by atoms with Gasteiger partial charge in [0.1, 0.15) is 11.7 Å². The molecule has 8 nitrogen and oxygen atoms in total. The summed E-state index contributed by atoms with van der Waals surface area (Å²) in [5, 5.41) is 12.8. The molecule has 0 fully saturated rings. The van der Waals surface area contributed by atoms with E-state index in [9.17, 15) is 19.7 Å². The fraction of sp³-hybridized carbons (Fsp3) is 0.400. The van der Waals surface area contributed by atoms with Crippen molar-refractivity contribution in [3.8, 4) is 0 Å².